The summed E-state index contributed by atoms with van der Waals surface area (Å²) < 4.78 is 6.98. The average Bonchev–Trinajstić information content (AvgIpc) is 2.59. The first-order chi connectivity index (χ1) is 6.86. The molecule has 0 aliphatic carbocycles. The molecule has 2 aromatic heterocycles. The first-order valence-corrected chi connectivity index (χ1v) is 4.33. The first kappa shape index (κ1) is 7.44. The van der Waals surface area contributed by atoms with Gasteiger partial charge in [0.1, 0.15) is 29.2 Å². The van der Waals surface area contributed by atoms with E-state index in [9.17, 15) is 5.11 Å². The molecule has 0 saturated heterocycles. The number of rotatable bonds is 0. The van der Waals surface area contributed by atoms with E-state index in [2.05, 4.69) is 4.98 Å². The molecule has 2 aromatic rings. The lowest BCUT2D eigenvalue weighted by Crippen LogP contribution is -2.33. The summed E-state index contributed by atoms with van der Waals surface area (Å²) in [5.41, 5.74) is 0.811. The summed E-state index contributed by atoms with van der Waals surface area (Å²) in [5, 5.41) is 11.0. The third-order valence-corrected chi connectivity index (χ3v) is 2.26. The molecule has 0 atom stereocenters. The van der Waals surface area contributed by atoms with Crippen LogP contribution in [0.3, 0.4) is 0 Å². The van der Waals surface area contributed by atoms with Gasteiger partial charge in [0, 0.05) is 6.20 Å². The molecule has 4 heteroatoms. The normalized spacial score (nSPS) is 14.7. The van der Waals surface area contributed by atoms with Crippen LogP contribution in [-0.2, 0) is 4.74 Å². The molecule has 0 bridgehead atoms. The number of imidazole rings is 1. The number of pyridine rings is 1. The third kappa shape index (κ3) is 0.849. The van der Waals surface area contributed by atoms with E-state index in [0.29, 0.717) is 5.35 Å². The molecular formula is C10H8N2O2. The number of hydrogen-bond acceptors (Lipinski definition) is 3. The van der Waals surface area contributed by atoms with Crippen LogP contribution < -0.4 is 10.7 Å². The number of aliphatic hydroxyl groups excluding tert-OH is 1. The van der Waals surface area contributed by atoms with Crippen molar-refractivity contribution in [3.63, 3.8) is 0 Å². The number of aliphatic hydroxyl groups is 1. The van der Waals surface area contributed by atoms with Crippen molar-refractivity contribution >= 4 is 17.7 Å². The Morgan fingerprint density at radius 1 is 1.43 bits per heavy atom. The number of ether oxygens (including phenoxy) is 1. The summed E-state index contributed by atoms with van der Waals surface area (Å²) in [5.74, 6) is 0.186. The highest BCUT2D eigenvalue weighted by Crippen LogP contribution is 1.96. The zero-order valence-corrected chi connectivity index (χ0v) is 7.34. The second-order valence-corrected chi connectivity index (χ2v) is 3.15. The molecule has 70 valence electrons. The molecule has 0 spiro atoms. The molecule has 0 unspecified atom stereocenters. The zero-order valence-electron chi connectivity index (χ0n) is 7.34. The van der Waals surface area contributed by atoms with Crippen LogP contribution in [0.25, 0.3) is 17.7 Å². The molecule has 0 saturated carbocycles. The van der Waals surface area contributed by atoms with Crippen LogP contribution in [0, 0.1) is 0 Å². The highest BCUT2D eigenvalue weighted by molar-refractivity contribution is 5.46. The quantitative estimate of drug-likeness (QED) is 0.621. The van der Waals surface area contributed by atoms with Gasteiger partial charge in [0.2, 0.25) is 0 Å². The molecule has 3 heterocycles. The van der Waals surface area contributed by atoms with E-state index in [1.165, 1.54) is 0 Å². The van der Waals surface area contributed by atoms with E-state index in [1.807, 2.05) is 28.8 Å². The second-order valence-electron chi connectivity index (χ2n) is 3.15. The molecule has 3 rings (SSSR count). The van der Waals surface area contributed by atoms with Crippen molar-refractivity contribution in [3.05, 3.63) is 35.1 Å². The molecule has 1 aliphatic rings. The van der Waals surface area contributed by atoms with E-state index in [4.69, 9.17) is 4.74 Å². The number of fused-ring (bicyclic) bond motifs is 3. The van der Waals surface area contributed by atoms with Crippen LogP contribution in [0.15, 0.2) is 24.4 Å². The Hall–Kier alpha value is -1.97. The standard InChI is InChI=1S/C10H8N2O2/c13-8-6-14-5-7-10(8)11-9-3-1-2-4-12(7)9/h1-5,13H,6H2. The van der Waals surface area contributed by atoms with E-state index in [1.54, 1.807) is 6.26 Å². The Balaban J connectivity index is 2.63. The van der Waals surface area contributed by atoms with Crippen LogP contribution in [0.5, 0.6) is 0 Å². The van der Waals surface area contributed by atoms with Gasteiger partial charge in [-0.3, -0.25) is 4.40 Å². The van der Waals surface area contributed by atoms with Crippen LogP contribution in [0.4, 0.5) is 0 Å². The fraction of sp³-hybridized carbons (Fsp3) is 0.100. The summed E-state index contributed by atoms with van der Waals surface area (Å²) >= 11 is 0. The molecule has 4 nitrogen and oxygen atoms in total. The highest BCUT2D eigenvalue weighted by atomic mass is 16.5. The maximum Gasteiger partial charge on any atom is 0.158 e. The van der Waals surface area contributed by atoms with Gasteiger partial charge in [-0.25, -0.2) is 4.98 Å². The third-order valence-electron chi connectivity index (χ3n) is 2.26. The molecule has 1 N–H and O–H groups in total. The average molecular weight is 188 g/mol. The summed E-state index contributed by atoms with van der Waals surface area (Å²) in [6.07, 6.45) is 3.51. The summed E-state index contributed by atoms with van der Waals surface area (Å²) in [7, 11) is 0. The Morgan fingerprint density at radius 3 is 3.29 bits per heavy atom. The molecule has 1 aliphatic heterocycles. The Kier molecular flexibility index (Phi) is 1.33. The van der Waals surface area contributed by atoms with Crippen molar-refractivity contribution in [2.75, 3.05) is 6.61 Å². The molecule has 0 aromatic carbocycles. The zero-order chi connectivity index (χ0) is 9.54. The maximum atomic E-state index is 9.56. The largest absolute Gasteiger partial charge is 0.507 e. The fourth-order valence-electron chi connectivity index (χ4n) is 1.61. The van der Waals surface area contributed by atoms with Gasteiger partial charge >= 0.3 is 0 Å². The van der Waals surface area contributed by atoms with Crippen LogP contribution in [0.1, 0.15) is 0 Å². The van der Waals surface area contributed by atoms with Gasteiger partial charge in [-0.1, -0.05) is 6.07 Å². The minimum atomic E-state index is 0.186. The lowest BCUT2D eigenvalue weighted by molar-refractivity contribution is 0.293. The van der Waals surface area contributed by atoms with Gasteiger partial charge in [-0.05, 0) is 12.1 Å². The molecule has 0 fully saturated rings. The monoisotopic (exact) mass is 188 g/mol. The van der Waals surface area contributed by atoms with Gasteiger partial charge in [0.05, 0.1) is 0 Å². The fourth-order valence-corrected chi connectivity index (χ4v) is 1.61. The van der Waals surface area contributed by atoms with Gasteiger partial charge in [-0.15, -0.1) is 0 Å². The van der Waals surface area contributed by atoms with Crippen molar-refractivity contribution in [2.45, 2.75) is 0 Å². The molecule has 14 heavy (non-hydrogen) atoms. The topological polar surface area (TPSA) is 46.8 Å². The Labute approximate surface area is 79.4 Å². The van der Waals surface area contributed by atoms with Gasteiger partial charge < -0.3 is 9.84 Å². The number of nitrogens with zero attached hydrogens (tertiary/aromatic N) is 2. The van der Waals surface area contributed by atoms with E-state index < -0.39 is 0 Å². The van der Waals surface area contributed by atoms with Crippen molar-refractivity contribution in [1.29, 1.82) is 0 Å². The van der Waals surface area contributed by atoms with E-state index in [0.717, 1.165) is 11.0 Å². The number of aromatic nitrogens is 2. The maximum absolute atomic E-state index is 9.56. The first-order valence-electron chi connectivity index (χ1n) is 4.33. The van der Waals surface area contributed by atoms with Crippen molar-refractivity contribution in [3.8, 4) is 0 Å². The lowest BCUT2D eigenvalue weighted by Gasteiger charge is -2.02. The highest BCUT2D eigenvalue weighted by Gasteiger charge is 2.08. The Bertz CT molecular complexity index is 613. The SMILES string of the molecule is OC1=c2nc3ccccn3c2=COC1. The smallest absolute Gasteiger partial charge is 0.158 e. The Morgan fingerprint density at radius 2 is 2.36 bits per heavy atom. The van der Waals surface area contributed by atoms with E-state index in [-0.39, 0.29) is 12.4 Å². The molecule has 0 radical (unpaired) electrons. The van der Waals surface area contributed by atoms with Gasteiger partial charge in [0.25, 0.3) is 0 Å². The van der Waals surface area contributed by atoms with Crippen molar-refractivity contribution in [2.24, 2.45) is 0 Å². The summed E-state index contributed by atoms with van der Waals surface area (Å²) in [6, 6.07) is 5.71. The number of hydrogen-bond donors (Lipinski definition) is 1. The van der Waals surface area contributed by atoms with Crippen molar-refractivity contribution < 1.29 is 9.84 Å². The van der Waals surface area contributed by atoms with Crippen LogP contribution in [0.2, 0.25) is 0 Å². The van der Waals surface area contributed by atoms with E-state index >= 15 is 0 Å². The minimum absolute atomic E-state index is 0.186. The van der Waals surface area contributed by atoms with Gasteiger partial charge in [-0.2, -0.15) is 0 Å². The lowest BCUT2D eigenvalue weighted by atomic mass is 10.4. The summed E-state index contributed by atoms with van der Waals surface area (Å²) in [4.78, 5) is 4.30. The van der Waals surface area contributed by atoms with Crippen LogP contribution in [-0.4, -0.2) is 21.1 Å². The molecular weight excluding hydrogens is 180 g/mol. The summed E-state index contributed by atoms with van der Waals surface area (Å²) in [6.45, 7) is 0.205. The second kappa shape index (κ2) is 2.51. The predicted molar refractivity (Wildman–Crippen MR) is 50.9 cm³/mol. The predicted octanol–water partition coefficient (Wildman–Crippen LogP) is -0.231. The van der Waals surface area contributed by atoms with Gasteiger partial charge in [0.15, 0.2) is 5.76 Å². The van der Waals surface area contributed by atoms with Crippen LogP contribution >= 0.6 is 0 Å². The molecule has 0 amide bonds. The van der Waals surface area contributed by atoms with Crippen molar-refractivity contribution in [1.82, 2.24) is 9.38 Å². The minimum Gasteiger partial charge on any atom is -0.507 e.